The molecule has 0 N–H and O–H groups in total. The van der Waals surface area contributed by atoms with E-state index in [1.165, 1.54) is 57.8 Å². The number of rotatable bonds is 20. The second-order valence-electron chi connectivity index (χ2n) is 9.05. The molecule has 0 aliphatic carbocycles. The Morgan fingerprint density at radius 1 is 0.657 bits per heavy atom. The standard InChI is InChI=1S/C23H40F6O5S/c1-2-3-4-5-6-7-8-9-10-11-12-13-14-15-16-17-18-20(30)34-21(22(24,25)26,23(27,28)29)19-35(31,32)33/h2-19H2,1H3,(H,31,32,33)/p-1. The summed E-state index contributed by atoms with van der Waals surface area (Å²) in [6.45, 7) is 2.19. The monoisotopic (exact) mass is 541 g/mol. The minimum atomic E-state index is -6.33. The molecule has 0 saturated heterocycles. The molecule has 0 saturated carbocycles. The first-order valence-corrected chi connectivity index (χ1v) is 14.0. The van der Waals surface area contributed by atoms with Crippen LogP contribution in [0.2, 0.25) is 0 Å². The van der Waals surface area contributed by atoms with Crippen molar-refractivity contribution >= 4 is 16.1 Å². The summed E-state index contributed by atoms with van der Waals surface area (Å²) in [7, 11) is -6.01. The number of alkyl halides is 6. The van der Waals surface area contributed by atoms with Gasteiger partial charge in [-0.15, -0.1) is 0 Å². The maximum absolute atomic E-state index is 13.1. The highest BCUT2D eigenvalue weighted by Crippen LogP contribution is 2.47. The predicted molar refractivity (Wildman–Crippen MR) is 120 cm³/mol. The number of hydrogen-bond acceptors (Lipinski definition) is 5. The summed E-state index contributed by atoms with van der Waals surface area (Å²) in [4.78, 5) is 11.7. The van der Waals surface area contributed by atoms with Crippen molar-refractivity contribution < 1.29 is 48.8 Å². The first-order valence-electron chi connectivity index (χ1n) is 12.4. The van der Waals surface area contributed by atoms with Crippen molar-refractivity contribution in [2.75, 3.05) is 5.75 Å². The SMILES string of the molecule is CCCCCCCCCCCCCCCCCCC(=O)OC(CS(=O)(=O)[O-])(C(F)(F)F)C(F)(F)F. The van der Waals surface area contributed by atoms with E-state index in [0.717, 1.165) is 25.7 Å². The molecule has 0 fully saturated rings. The van der Waals surface area contributed by atoms with Gasteiger partial charge in [-0.05, 0) is 6.42 Å². The maximum atomic E-state index is 13.1. The van der Waals surface area contributed by atoms with Gasteiger partial charge in [0.2, 0.25) is 0 Å². The number of carbonyl (C=O) groups excluding carboxylic acids is 1. The number of hydrogen-bond donors (Lipinski definition) is 0. The van der Waals surface area contributed by atoms with Crippen molar-refractivity contribution in [1.82, 2.24) is 0 Å². The van der Waals surface area contributed by atoms with Gasteiger partial charge in [-0.25, -0.2) is 8.42 Å². The van der Waals surface area contributed by atoms with Gasteiger partial charge < -0.3 is 9.29 Å². The minimum absolute atomic E-state index is 0.00694. The maximum Gasteiger partial charge on any atom is 0.438 e. The summed E-state index contributed by atoms with van der Waals surface area (Å²) in [5.74, 6) is -4.81. The third-order valence-electron chi connectivity index (χ3n) is 5.82. The van der Waals surface area contributed by atoms with Crippen LogP contribution in [0.15, 0.2) is 0 Å². The van der Waals surface area contributed by atoms with Crippen LogP contribution in [0, 0.1) is 0 Å². The molecule has 0 radical (unpaired) electrons. The lowest BCUT2D eigenvalue weighted by Crippen LogP contribution is -2.63. The molecule has 0 aromatic rings. The van der Waals surface area contributed by atoms with Gasteiger partial charge >= 0.3 is 23.9 Å². The van der Waals surface area contributed by atoms with Gasteiger partial charge in [0.25, 0.3) is 0 Å². The Kier molecular flexibility index (Phi) is 16.2. The van der Waals surface area contributed by atoms with Crippen LogP contribution < -0.4 is 0 Å². The summed E-state index contributed by atoms with van der Waals surface area (Å²) in [5.41, 5.74) is -5.38. The van der Waals surface area contributed by atoms with Gasteiger partial charge in [0.1, 0.15) is 0 Å². The summed E-state index contributed by atoms with van der Waals surface area (Å²) in [6, 6.07) is 0. The molecule has 210 valence electrons. The van der Waals surface area contributed by atoms with Crippen LogP contribution in [0.4, 0.5) is 26.3 Å². The highest BCUT2D eigenvalue weighted by molar-refractivity contribution is 7.85. The van der Waals surface area contributed by atoms with Crippen LogP contribution in [0.25, 0.3) is 0 Å². The Balaban J connectivity index is 4.11. The average molecular weight is 542 g/mol. The summed E-state index contributed by atoms with van der Waals surface area (Å²) < 4.78 is 114. The molecule has 0 heterocycles. The zero-order valence-electron chi connectivity index (χ0n) is 20.4. The van der Waals surface area contributed by atoms with E-state index in [9.17, 15) is 44.1 Å². The van der Waals surface area contributed by atoms with Crippen LogP contribution in [-0.4, -0.2) is 42.6 Å². The minimum Gasteiger partial charge on any atom is -0.748 e. The second kappa shape index (κ2) is 16.7. The smallest absolute Gasteiger partial charge is 0.438 e. The molecule has 0 aliphatic heterocycles. The Bertz CT molecular complexity index is 663. The molecule has 0 unspecified atom stereocenters. The normalized spacial score (nSPS) is 13.3. The van der Waals surface area contributed by atoms with Gasteiger partial charge in [0.15, 0.2) is 0 Å². The second-order valence-corrected chi connectivity index (χ2v) is 10.5. The summed E-state index contributed by atoms with van der Waals surface area (Å²) >= 11 is 0. The zero-order valence-corrected chi connectivity index (χ0v) is 21.3. The van der Waals surface area contributed by atoms with Crippen molar-refractivity contribution in [2.45, 2.75) is 134 Å². The Morgan fingerprint density at radius 2 is 0.971 bits per heavy atom. The molecule has 0 rings (SSSR count). The first kappa shape index (κ1) is 34.0. The molecule has 12 heteroatoms. The van der Waals surface area contributed by atoms with Gasteiger partial charge in [-0.3, -0.25) is 4.79 Å². The van der Waals surface area contributed by atoms with E-state index in [2.05, 4.69) is 11.7 Å². The third kappa shape index (κ3) is 15.0. The lowest BCUT2D eigenvalue weighted by molar-refractivity contribution is -0.361. The van der Waals surface area contributed by atoms with Crippen LogP contribution >= 0.6 is 0 Å². The third-order valence-corrected chi connectivity index (χ3v) is 6.58. The van der Waals surface area contributed by atoms with E-state index in [-0.39, 0.29) is 6.42 Å². The highest BCUT2D eigenvalue weighted by Gasteiger charge is 2.75. The highest BCUT2D eigenvalue weighted by atomic mass is 32.2. The van der Waals surface area contributed by atoms with Crippen LogP contribution in [0.3, 0.4) is 0 Å². The lowest BCUT2D eigenvalue weighted by Gasteiger charge is -2.36. The number of ether oxygens (including phenoxy) is 1. The van der Waals surface area contributed by atoms with E-state index < -0.39 is 46.2 Å². The molecular weight excluding hydrogens is 502 g/mol. The number of halogens is 6. The zero-order chi connectivity index (χ0) is 27.0. The van der Waals surface area contributed by atoms with Crippen LogP contribution in [0.5, 0.6) is 0 Å². The first-order chi connectivity index (χ1) is 16.2. The van der Waals surface area contributed by atoms with Crippen molar-refractivity contribution in [1.29, 1.82) is 0 Å². The van der Waals surface area contributed by atoms with Gasteiger partial charge in [-0.1, -0.05) is 103 Å². The molecular formula is C23H39F6O5S-. The fourth-order valence-corrected chi connectivity index (χ4v) is 4.67. The number of unbranched alkanes of at least 4 members (excludes halogenated alkanes) is 15. The largest absolute Gasteiger partial charge is 0.748 e. The van der Waals surface area contributed by atoms with Crippen molar-refractivity contribution in [3.63, 3.8) is 0 Å². The van der Waals surface area contributed by atoms with Crippen molar-refractivity contribution in [3.8, 4) is 0 Å². The molecule has 0 aromatic heterocycles. The Morgan fingerprint density at radius 3 is 1.26 bits per heavy atom. The van der Waals surface area contributed by atoms with E-state index >= 15 is 0 Å². The van der Waals surface area contributed by atoms with E-state index in [1.54, 1.807) is 0 Å². The Labute approximate surface area is 205 Å². The Hall–Kier alpha value is -1.04. The molecule has 0 bridgehead atoms. The molecule has 0 aromatic carbocycles. The number of carbonyl (C=O) groups is 1. The summed E-state index contributed by atoms with van der Waals surface area (Å²) in [6.07, 6.45) is 2.93. The quantitative estimate of drug-likeness (QED) is 0.0686. The topological polar surface area (TPSA) is 83.5 Å². The van der Waals surface area contributed by atoms with Crippen LogP contribution in [-0.2, 0) is 19.6 Å². The van der Waals surface area contributed by atoms with Crippen LogP contribution in [0.1, 0.15) is 116 Å². The predicted octanol–water partition coefficient (Wildman–Crippen LogP) is 7.59. The molecule has 0 spiro atoms. The van der Waals surface area contributed by atoms with Gasteiger partial charge in [-0.2, -0.15) is 26.3 Å². The fraction of sp³-hybridized carbons (Fsp3) is 0.957. The van der Waals surface area contributed by atoms with Gasteiger partial charge in [0.05, 0.1) is 15.9 Å². The summed E-state index contributed by atoms with van der Waals surface area (Å²) in [5, 5.41) is 0. The van der Waals surface area contributed by atoms with Crippen molar-refractivity contribution in [3.05, 3.63) is 0 Å². The van der Waals surface area contributed by atoms with E-state index in [0.29, 0.717) is 12.8 Å². The number of esters is 1. The van der Waals surface area contributed by atoms with E-state index in [4.69, 9.17) is 0 Å². The fourth-order valence-electron chi connectivity index (χ4n) is 3.78. The molecule has 5 nitrogen and oxygen atoms in total. The van der Waals surface area contributed by atoms with Crippen molar-refractivity contribution in [2.24, 2.45) is 0 Å². The lowest BCUT2D eigenvalue weighted by atomic mass is 10.0. The van der Waals surface area contributed by atoms with Gasteiger partial charge in [0, 0.05) is 6.42 Å². The molecule has 0 aliphatic rings. The molecule has 0 amide bonds. The molecule has 35 heavy (non-hydrogen) atoms. The van der Waals surface area contributed by atoms with E-state index in [1.807, 2.05) is 0 Å². The average Bonchev–Trinajstić information content (AvgIpc) is 2.70. The molecule has 0 atom stereocenters.